The Balaban J connectivity index is 1.72. The summed E-state index contributed by atoms with van der Waals surface area (Å²) in [6.07, 6.45) is -0.792. The Morgan fingerprint density at radius 2 is 1.96 bits per heavy atom. The van der Waals surface area contributed by atoms with Crippen molar-refractivity contribution < 1.29 is 14.9 Å². The molecule has 0 spiro atoms. The van der Waals surface area contributed by atoms with E-state index in [-0.39, 0.29) is 19.8 Å². The minimum absolute atomic E-state index is 0.0543. The van der Waals surface area contributed by atoms with Gasteiger partial charge in [0.2, 0.25) is 0 Å². The van der Waals surface area contributed by atoms with Crippen molar-refractivity contribution in [2.45, 2.75) is 19.3 Å². The predicted molar refractivity (Wildman–Crippen MR) is 93.6 cm³/mol. The number of hydrogen-bond acceptors (Lipinski definition) is 4. The van der Waals surface area contributed by atoms with Crippen LogP contribution in [-0.2, 0) is 13.2 Å². The number of hydrogen-bond donors (Lipinski definition) is 2. The molecule has 3 rings (SSSR count). The molecule has 0 unspecified atom stereocenters. The molecule has 2 aromatic carbocycles. The monoisotopic (exact) mass is 366 g/mol. The molecule has 1 aromatic heterocycles. The predicted octanol–water partition coefficient (Wildman–Crippen LogP) is 3.28. The van der Waals surface area contributed by atoms with Crippen LogP contribution in [0.3, 0.4) is 0 Å². The Morgan fingerprint density at radius 1 is 1.17 bits per heavy atom. The van der Waals surface area contributed by atoms with Crippen molar-refractivity contribution >= 4 is 34.2 Å². The van der Waals surface area contributed by atoms with Gasteiger partial charge in [-0.05, 0) is 30.3 Å². The van der Waals surface area contributed by atoms with Crippen molar-refractivity contribution in [3.63, 3.8) is 0 Å². The van der Waals surface area contributed by atoms with Crippen molar-refractivity contribution in [1.82, 2.24) is 9.55 Å². The molecule has 1 atom stereocenters. The van der Waals surface area contributed by atoms with E-state index in [1.807, 2.05) is 24.3 Å². The first-order valence-electron chi connectivity index (χ1n) is 7.39. The number of ether oxygens (including phenoxy) is 1. The Morgan fingerprint density at radius 3 is 2.71 bits per heavy atom. The number of benzene rings is 2. The van der Waals surface area contributed by atoms with Crippen LogP contribution < -0.4 is 4.74 Å². The normalized spacial score (nSPS) is 12.5. The molecule has 0 radical (unpaired) electrons. The Kier molecular flexibility index (Phi) is 5.26. The molecule has 126 valence electrons. The van der Waals surface area contributed by atoms with E-state index in [1.165, 1.54) is 0 Å². The van der Waals surface area contributed by atoms with Gasteiger partial charge in [0, 0.05) is 5.02 Å². The van der Waals surface area contributed by atoms with Gasteiger partial charge < -0.3 is 19.5 Å². The van der Waals surface area contributed by atoms with Crippen LogP contribution in [-0.4, -0.2) is 32.5 Å². The van der Waals surface area contributed by atoms with Crippen LogP contribution in [0.25, 0.3) is 11.0 Å². The smallest absolute Gasteiger partial charge is 0.138 e. The van der Waals surface area contributed by atoms with Crippen LogP contribution in [0.15, 0.2) is 42.5 Å². The topological polar surface area (TPSA) is 67.5 Å². The quantitative estimate of drug-likeness (QED) is 0.702. The number of aliphatic hydroxyl groups is 2. The first-order chi connectivity index (χ1) is 11.6. The van der Waals surface area contributed by atoms with Gasteiger partial charge in [-0.25, -0.2) is 4.98 Å². The Labute approximate surface area is 149 Å². The first-order valence-corrected chi connectivity index (χ1v) is 8.15. The van der Waals surface area contributed by atoms with Crippen LogP contribution in [0.4, 0.5) is 0 Å². The molecule has 1 heterocycles. The lowest BCUT2D eigenvalue weighted by atomic mass is 10.3. The SMILES string of the molecule is OCc1nc2ccccc2n1C[C@@H](O)COc1ccc(Cl)cc1Cl. The molecule has 7 heteroatoms. The highest BCUT2D eigenvalue weighted by Gasteiger charge is 2.14. The van der Waals surface area contributed by atoms with E-state index in [0.29, 0.717) is 21.6 Å². The number of rotatable bonds is 6. The zero-order valence-electron chi connectivity index (χ0n) is 12.7. The van der Waals surface area contributed by atoms with E-state index >= 15 is 0 Å². The molecule has 0 saturated carbocycles. The van der Waals surface area contributed by atoms with E-state index < -0.39 is 6.10 Å². The van der Waals surface area contributed by atoms with Gasteiger partial charge in [0.1, 0.15) is 30.9 Å². The first kappa shape index (κ1) is 17.0. The largest absolute Gasteiger partial charge is 0.489 e. The molecular formula is C17H16Cl2N2O3. The van der Waals surface area contributed by atoms with Crippen molar-refractivity contribution in [3.05, 3.63) is 58.3 Å². The van der Waals surface area contributed by atoms with Crippen molar-refractivity contribution in [1.29, 1.82) is 0 Å². The van der Waals surface area contributed by atoms with Crippen molar-refractivity contribution in [2.75, 3.05) is 6.61 Å². The molecule has 0 amide bonds. The third kappa shape index (κ3) is 3.65. The summed E-state index contributed by atoms with van der Waals surface area (Å²) in [6, 6.07) is 12.4. The fourth-order valence-electron chi connectivity index (χ4n) is 2.49. The molecule has 2 N–H and O–H groups in total. The molecule has 0 bridgehead atoms. The maximum atomic E-state index is 10.3. The van der Waals surface area contributed by atoms with E-state index in [0.717, 1.165) is 11.0 Å². The zero-order valence-corrected chi connectivity index (χ0v) is 14.2. The summed E-state index contributed by atoms with van der Waals surface area (Å²) in [5.74, 6) is 0.956. The summed E-state index contributed by atoms with van der Waals surface area (Å²) in [7, 11) is 0. The third-order valence-corrected chi connectivity index (χ3v) is 4.12. The molecule has 0 saturated heterocycles. The lowest BCUT2D eigenvalue weighted by molar-refractivity contribution is 0.0915. The highest BCUT2D eigenvalue weighted by molar-refractivity contribution is 6.35. The van der Waals surface area contributed by atoms with E-state index in [9.17, 15) is 10.2 Å². The highest BCUT2D eigenvalue weighted by atomic mass is 35.5. The molecule has 0 aliphatic carbocycles. The van der Waals surface area contributed by atoms with E-state index in [2.05, 4.69) is 4.98 Å². The summed E-state index contributed by atoms with van der Waals surface area (Å²) < 4.78 is 7.34. The Hall–Kier alpha value is -1.79. The molecular weight excluding hydrogens is 351 g/mol. The number of fused-ring (bicyclic) bond motifs is 1. The molecule has 3 aromatic rings. The second-order valence-corrected chi connectivity index (χ2v) is 6.17. The fraction of sp³-hybridized carbons (Fsp3) is 0.235. The summed E-state index contributed by atoms with van der Waals surface area (Å²) >= 11 is 11.9. The number of imidazole rings is 1. The zero-order chi connectivity index (χ0) is 17.1. The van der Waals surface area contributed by atoms with Gasteiger partial charge in [0.15, 0.2) is 0 Å². The van der Waals surface area contributed by atoms with Crippen LogP contribution in [0.1, 0.15) is 5.82 Å². The molecule has 0 aliphatic heterocycles. The van der Waals surface area contributed by atoms with Crippen LogP contribution in [0.2, 0.25) is 10.0 Å². The molecule has 24 heavy (non-hydrogen) atoms. The highest BCUT2D eigenvalue weighted by Crippen LogP contribution is 2.27. The number of nitrogens with zero attached hydrogens (tertiary/aromatic N) is 2. The molecule has 0 aliphatic rings. The lowest BCUT2D eigenvalue weighted by Crippen LogP contribution is -2.24. The lowest BCUT2D eigenvalue weighted by Gasteiger charge is -2.15. The van der Waals surface area contributed by atoms with Gasteiger partial charge in [0.05, 0.1) is 22.6 Å². The minimum Gasteiger partial charge on any atom is -0.489 e. The van der Waals surface area contributed by atoms with Gasteiger partial charge in [-0.15, -0.1) is 0 Å². The molecule has 0 fully saturated rings. The maximum Gasteiger partial charge on any atom is 0.138 e. The van der Waals surface area contributed by atoms with E-state index in [4.69, 9.17) is 27.9 Å². The summed E-state index contributed by atoms with van der Waals surface area (Å²) in [5.41, 5.74) is 1.63. The van der Waals surface area contributed by atoms with Gasteiger partial charge in [0.25, 0.3) is 0 Å². The number of aliphatic hydroxyl groups excluding tert-OH is 2. The standard InChI is InChI=1S/C17H16Cl2N2O3/c18-11-5-6-16(13(19)7-11)24-10-12(23)8-21-15-4-2-1-3-14(15)20-17(21)9-22/h1-7,12,22-23H,8-10H2/t12-/m1/s1. The second kappa shape index (κ2) is 7.40. The van der Waals surface area contributed by atoms with Crippen molar-refractivity contribution in [3.8, 4) is 5.75 Å². The summed E-state index contributed by atoms with van der Waals surface area (Å²) in [5, 5.41) is 20.7. The van der Waals surface area contributed by atoms with Gasteiger partial charge in [-0.2, -0.15) is 0 Å². The van der Waals surface area contributed by atoms with Gasteiger partial charge in [-0.1, -0.05) is 35.3 Å². The summed E-state index contributed by atoms with van der Waals surface area (Å²) in [6.45, 7) is 0.103. The van der Waals surface area contributed by atoms with Crippen LogP contribution >= 0.6 is 23.2 Å². The Bertz CT molecular complexity index is 851. The minimum atomic E-state index is -0.792. The second-order valence-electron chi connectivity index (χ2n) is 5.33. The third-order valence-electron chi connectivity index (χ3n) is 3.59. The number of aromatic nitrogens is 2. The summed E-state index contributed by atoms with van der Waals surface area (Å²) in [4.78, 5) is 4.35. The fourth-order valence-corrected chi connectivity index (χ4v) is 2.95. The van der Waals surface area contributed by atoms with Crippen molar-refractivity contribution in [2.24, 2.45) is 0 Å². The van der Waals surface area contributed by atoms with Gasteiger partial charge >= 0.3 is 0 Å². The number of para-hydroxylation sites is 2. The average molecular weight is 367 g/mol. The van der Waals surface area contributed by atoms with Gasteiger partial charge in [-0.3, -0.25) is 0 Å². The maximum absolute atomic E-state index is 10.3. The average Bonchev–Trinajstić information content (AvgIpc) is 2.92. The van der Waals surface area contributed by atoms with Crippen LogP contribution in [0.5, 0.6) is 5.75 Å². The van der Waals surface area contributed by atoms with E-state index in [1.54, 1.807) is 22.8 Å². The number of halogens is 2. The molecule has 5 nitrogen and oxygen atoms in total. The van der Waals surface area contributed by atoms with Crippen LogP contribution in [0, 0.1) is 0 Å².